The third-order valence-electron chi connectivity index (χ3n) is 2.39. The van der Waals surface area contributed by atoms with E-state index in [9.17, 15) is 18.0 Å². The van der Waals surface area contributed by atoms with Gasteiger partial charge >= 0.3 is 12.3 Å². The minimum atomic E-state index is -4.76. The standard InChI is InChI=1S/C13H9F3N2O3/c14-13(15,16)21-9-5-3-8(4-6-9)18-11-10(12(19)20)2-1-7-17-11/h1-7H,(H,17,18)(H,19,20). The monoisotopic (exact) mass is 298 g/mol. The molecular weight excluding hydrogens is 289 g/mol. The van der Waals surface area contributed by atoms with Gasteiger partial charge in [0.25, 0.3) is 0 Å². The zero-order valence-corrected chi connectivity index (χ0v) is 10.4. The lowest BCUT2D eigenvalue weighted by Gasteiger charge is -2.11. The minimum absolute atomic E-state index is 0.0480. The van der Waals surface area contributed by atoms with Crippen LogP contribution in [0, 0.1) is 0 Å². The van der Waals surface area contributed by atoms with Crippen LogP contribution >= 0.6 is 0 Å². The van der Waals surface area contributed by atoms with Crippen LogP contribution < -0.4 is 10.1 Å². The average molecular weight is 298 g/mol. The second kappa shape index (κ2) is 5.70. The smallest absolute Gasteiger partial charge is 0.478 e. The van der Waals surface area contributed by atoms with E-state index in [4.69, 9.17) is 5.11 Å². The lowest BCUT2D eigenvalue weighted by Crippen LogP contribution is -2.17. The number of ether oxygens (including phenoxy) is 1. The Morgan fingerprint density at radius 3 is 2.43 bits per heavy atom. The number of aromatic carboxylic acids is 1. The fraction of sp³-hybridized carbons (Fsp3) is 0.0769. The van der Waals surface area contributed by atoms with E-state index in [1.165, 1.54) is 30.5 Å². The Bertz CT molecular complexity index is 642. The van der Waals surface area contributed by atoms with Crippen LogP contribution in [0.5, 0.6) is 5.75 Å². The highest BCUT2D eigenvalue weighted by atomic mass is 19.4. The molecule has 21 heavy (non-hydrogen) atoms. The van der Waals surface area contributed by atoms with Gasteiger partial charge in [0.05, 0.1) is 0 Å². The Labute approximate surface area is 117 Å². The van der Waals surface area contributed by atoms with Crippen LogP contribution in [0.2, 0.25) is 0 Å². The third kappa shape index (κ3) is 4.10. The Kier molecular flexibility index (Phi) is 3.97. The normalized spacial score (nSPS) is 11.0. The number of nitrogens with one attached hydrogen (secondary N) is 1. The second-order valence-electron chi connectivity index (χ2n) is 3.90. The molecule has 0 unspecified atom stereocenters. The first-order chi connectivity index (χ1) is 9.85. The topological polar surface area (TPSA) is 71.5 Å². The van der Waals surface area contributed by atoms with Crippen LogP contribution in [-0.2, 0) is 0 Å². The van der Waals surface area contributed by atoms with Gasteiger partial charge in [-0.05, 0) is 36.4 Å². The van der Waals surface area contributed by atoms with Crippen LogP contribution in [0.1, 0.15) is 10.4 Å². The van der Waals surface area contributed by atoms with E-state index in [1.807, 2.05) is 0 Å². The number of pyridine rings is 1. The predicted octanol–water partition coefficient (Wildman–Crippen LogP) is 3.42. The van der Waals surface area contributed by atoms with Crippen molar-refractivity contribution in [2.24, 2.45) is 0 Å². The molecule has 0 fully saturated rings. The van der Waals surface area contributed by atoms with Gasteiger partial charge in [-0.25, -0.2) is 9.78 Å². The summed E-state index contributed by atoms with van der Waals surface area (Å²) < 4.78 is 39.8. The summed E-state index contributed by atoms with van der Waals surface area (Å²) in [5, 5.41) is 11.7. The van der Waals surface area contributed by atoms with Crippen molar-refractivity contribution in [3.05, 3.63) is 48.2 Å². The molecule has 0 aliphatic carbocycles. The molecule has 2 N–H and O–H groups in total. The van der Waals surface area contributed by atoms with Crippen molar-refractivity contribution in [2.75, 3.05) is 5.32 Å². The lowest BCUT2D eigenvalue weighted by atomic mass is 10.2. The molecule has 0 radical (unpaired) electrons. The number of rotatable bonds is 4. The van der Waals surface area contributed by atoms with Gasteiger partial charge in [-0.15, -0.1) is 13.2 Å². The van der Waals surface area contributed by atoms with Gasteiger partial charge in [0.2, 0.25) is 0 Å². The van der Waals surface area contributed by atoms with E-state index in [2.05, 4.69) is 15.0 Å². The molecule has 110 valence electrons. The highest BCUT2D eigenvalue weighted by Crippen LogP contribution is 2.25. The Hall–Kier alpha value is -2.77. The maximum atomic E-state index is 12.0. The van der Waals surface area contributed by atoms with Gasteiger partial charge in [0.1, 0.15) is 17.1 Å². The van der Waals surface area contributed by atoms with Crippen LogP contribution in [0.25, 0.3) is 0 Å². The molecule has 0 aliphatic rings. The fourth-order valence-corrected chi connectivity index (χ4v) is 1.55. The quantitative estimate of drug-likeness (QED) is 0.905. The summed E-state index contributed by atoms with van der Waals surface area (Å²) in [6.45, 7) is 0. The number of carbonyl (C=O) groups is 1. The number of alkyl halides is 3. The van der Waals surface area contributed by atoms with E-state index in [0.29, 0.717) is 5.69 Å². The highest BCUT2D eigenvalue weighted by molar-refractivity contribution is 5.93. The van der Waals surface area contributed by atoms with Crippen molar-refractivity contribution in [1.82, 2.24) is 4.98 Å². The number of carboxylic acids is 1. The van der Waals surface area contributed by atoms with Gasteiger partial charge in [0, 0.05) is 11.9 Å². The number of halogens is 3. The van der Waals surface area contributed by atoms with Crippen molar-refractivity contribution >= 4 is 17.5 Å². The zero-order chi connectivity index (χ0) is 15.5. The van der Waals surface area contributed by atoms with Crippen LogP contribution in [-0.4, -0.2) is 22.4 Å². The van der Waals surface area contributed by atoms with E-state index in [-0.39, 0.29) is 17.1 Å². The van der Waals surface area contributed by atoms with Crippen LogP contribution in [0.15, 0.2) is 42.6 Å². The largest absolute Gasteiger partial charge is 0.573 e. The number of carboxylic acid groups (broad SMARTS) is 1. The number of hydrogen-bond donors (Lipinski definition) is 2. The zero-order valence-electron chi connectivity index (χ0n) is 10.4. The highest BCUT2D eigenvalue weighted by Gasteiger charge is 2.30. The van der Waals surface area contributed by atoms with Gasteiger partial charge in [-0.3, -0.25) is 0 Å². The van der Waals surface area contributed by atoms with Crippen molar-refractivity contribution in [3.8, 4) is 5.75 Å². The summed E-state index contributed by atoms with van der Waals surface area (Å²) >= 11 is 0. The van der Waals surface area contributed by atoms with E-state index in [1.54, 1.807) is 0 Å². The van der Waals surface area contributed by atoms with Gasteiger partial charge in [-0.2, -0.15) is 0 Å². The minimum Gasteiger partial charge on any atom is -0.478 e. The molecule has 2 rings (SSSR count). The van der Waals surface area contributed by atoms with Crippen LogP contribution in [0.4, 0.5) is 24.7 Å². The number of benzene rings is 1. The average Bonchev–Trinajstić information content (AvgIpc) is 2.40. The second-order valence-corrected chi connectivity index (χ2v) is 3.90. The number of anilines is 2. The fourth-order valence-electron chi connectivity index (χ4n) is 1.55. The first-order valence-corrected chi connectivity index (χ1v) is 5.66. The van der Waals surface area contributed by atoms with Crippen molar-refractivity contribution in [2.45, 2.75) is 6.36 Å². The molecule has 2 aromatic rings. The molecule has 0 saturated heterocycles. The number of aromatic nitrogens is 1. The first kappa shape index (κ1) is 14.6. The van der Waals surface area contributed by atoms with Crippen molar-refractivity contribution < 1.29 is 27.8 Å². The summed E-state index contributed by atoms with van der Waals surface area (Å²) in [4.78, 5) is 14.9. The van der Waals surface area contributed by atoms with E-state index in [0.717, 1.165) is 12.1 Å². The maximum absolute atomic E-state index is 12.0. The molecule has 8 heteroatoms. The molecule has 0 amide bonds. The maximum Gasteiger partial charge on any atom is 0.573 e. The molecule has 1 aromatic carbocycles. The summed E-state index contributed by atoms with van der Waals surface area (Å²) in [7, 11) is 0. The van der Waals surface area contributed by atoms with Crippen molar-refractivity contribution in [1.29, 1.82) is 0 Å². The molecular formula is C13H9F3N2O3. The number of nitrogens with zero attached hydrogens (tertiary/aromatic N) is 1. The molecule has 0 aliphatic heterocycles. The molecule has 0 saturated carbocycles. The molecule has 5 nitrogen and oxygen atoms in total. The van der Waals surface area contributed by atoms with Gasteiger partial charge in [-0.1, -0.05) is 0 Å². The van der Waals surface area contributed by atoms with Crippen LogP contribution in [0.3, 0.4) is 0 Å². The molecule has 0 spiro atoms. The third-order valence-corrected chi connectivity index (χ3v) is 2.39. The summed E-state index contributed by atoms with van der Waals surface area (Å²) in [5.74, 6) is -1.44. The lowest BCUT2D eigenvalue weighted by molar-refractivity contribution is -0.274. The first-order valence-electron chi connectivity index (χ1n) is 5.66. The Morgan fingerprint density at radius 2 is 1.86 bits per heavy atom. The predicted molar refractivity (Wildman–Crippen MR) is 67.6 cm³/mol. The Morgan fingerprint density at radius 1 is 1.19 bits per heavy atom. The molecule has 0 bridgehead atoms. The van der Waals surface area contributed by atoms with Crippen molar-refractivity contribution in [3.63, 3.8) is 0 Å². The molecule has 1 aromatic heterocycles. The van der Waals surface area contributed by atoms with Gasteiger partial charge in [0.15, 0.2) is 0 Å². The summed E-state index contributed by atoms with van der Waals surface area (Å²) in [5.41, 5.74) is 0.332. The van der Waals surface area contributed by atoms with E-state index < -0.39 is 12.3 Å². The molecule has 0 atom stereocenters. The molecule has 1 heterocycles. The SMILES string of the molecule is O=C(O)c1cccnc1Nc1ccc(OC(F)(F)F)cc1. The van der Waals surface area contributed by atoms with Gasteiger partial charge < -0.3 is 15.2 Å². The summed E-state index contributed by atoms with van der Waals surface area (Å²) in [6, 6.07) is 7.69. The Balaban J connectivity index is 2.16. The number of hydrogen-bond acceptors (Lipinski definition) is 4. The van der Waals surface area contributed by atoms with E-state index >= 15 is 0 Å². The summed E-state index contributed by atoms with van der Waals surface area (Å²) in [6.07, 6.45) is -3.36.